The highest BCUT2D eigenvalue weighted by atomic mass is 79.9. The van der Waals surface area contributed by atoms with E-state index < -0.39 is 0 Å². The SMILES string of the molecule is C=CC1(C(C)Br)CC1. The van der Waals surface area contributed by atoms with Crippen molar-refractivity contribution in [1.82, 2.24) is 0 Å². The molecule has 0 bridgehead atoms. The average molecular weight is 175 g/mol. The Morgan fingerprint density at radius 2 is 2.25 bits per heavy atom. The Morgan fingerprint density at radius 1 is 1.75 bits per heavy atom. The second-order valence-electron chi connectivity index (χ2n) is 2.55. The van der Waals surface area contributed by atoms with Crippen molar-refractivity contribution in [2.75, 3.05) is 0 Å². The van der Waals surface area contributed by atoms with Gasteiger partial charge in [0.25, 0.3) is 0 Å². The Kier molecular flexibility index (Phi) is 1.48. The van der Waals surface area contributed by atoms with E-state index in [9.17, 15) is 0 Å². The van der Waals surface area contributed by atoms with Gasteiger partial charge in [0.2, 0.25) is 0 Å². The fraction of sp³-hybridized carbons (Fsp3) is 0.714. The van der Waals surface area contributed by atoms with E-state index in [0.29, 0.717) is 10.2 Å². The first-order valence-electron chi connectivity index (χ1n) is 2.99. The van der Waals surface area contributed by atoms with E-state index in [1.54, 1.807) is 0 Å². The summed E-state index contributed by atoms with van der Waals surface area (Å²) in [6.45, 7) is 5.98. The van der Waals surface area contributed by atoms with Gasteiger partial charge >= 0.3 is 0 Å². The zero-order chi connectivity index (χ0) is 6.20. The van der Waals surface area contributed by atoms with Crippen molar-refractivity contribution in [2.45, 2.75) is 24.6 Å². The Balaban J connectivity index is 2.53. The van der Waals surface area contributed by atoms with Gasteiger partial charge in [-0.15, -0.1) is 6.58 Å². The van der Waals surface area contributed by atoms with Crippen molar-refractivity contribution in [3.8, 4) is 0 Å². The molecule has 1 heteroatoms. The number of halogens is 1. The van der Waals surface area contributed by atoms with Crippen LogP contribution in [0.3, 0.4) is 0 Å². The van der Waals surface area contributed by atoms with Crippen LogP contribution in [0.4, 0.5) is 0 Å². The summed E-state index contributed by atoms with van der Waals surface area (Å²) in [5.41, 5.74) is 0.472. The largest absolute Gasteiger partial charge is 0.102 e. The molecule has 0 radical (unpaired) electrons. The third-order valence-electron chi connectivity index (χ3n) is 2.03. The van der Waals surface area contributed by atoms with E-state index in [1.165, 1.54) is 12.8 Å². The lowest BCUT2D eigenvalue weighted by Crippen LogP contribution is -2.06. The molecule has 1 aliphatic carbocycles. The minimum absolute atomic E-state index is 0.472. The van der Waals surface area contributed by atoms with Gasteiger partial charge in [0.15, 0.2) is 0 Å². The first-order valence-corrected chi connectivity index (χ1v) is 3.90. The van der Waals surface area contributed by atoms with Crippen LogP contribution < -0.4 is 0 Å². The summed E-state index contributed by atoms with van der Waals surface area (Å²) in [6.07, 6.45) is 4.72. The summed E-state index contributed by atoms with van der Waals surface area (Å²) in [6, 6.07) is 0. The molecule has 0 spiro atoms. The number of rotatable bonds is 2. The molecule has 46 valence electrons. The van der Waals surface area contributed by atoms with E-state index >= 15 is 0 Å². The van der Waals surface area contributed by atoms with Gasteiger partial charge in [0.05, 0.1) is 0 Å². The second-order valence-corrected chi connectivity index (χ2v) is 3.93. The number of hydrogen-bond donors (Lipinski definition) is 0. The first-order chi connectivity index (χ1) is 3.71. The lowest BCUT2D eigenvalue weighted by Gasteiger charge is -2.10. The molecule has 1 atom stereocenters. The first kappa shape index (κ1) is 6.34. The molecule has 0 saturated heterocycles. The molecule has 0 amide bonds. The van der Waals surface area contributed by atoms with Gasteiger partial charge in [0, 0.05) is 10.2 Å². The van der Waals surface area contributed by atoms with Crippen LogP contribution in [-0.2, 0) is 0 Å². The fourth-order valence-electron chi connectivity index (χ4n) is 0.909. The topological polar surface area (TPSA) is 0 Å². The van der Waals surface area contributed by atoms with E-state index in [1.807, 2.05) is 0 Å². The highest BCUT2D eigenvalue weighted by Crippen LogP contribution is 2.52. The predicted molar refractivity (Wildman–Crippen MR) is 40.3 cm³/mol. The molecule has 0 aromatic rings. The summed E-state index contributed by atoms with van der Waals surface area (Å²) < 4.78 is 0. The van der Waals surface area contributed by atoms with E-state index in [2.05, 4.69) is 35.5 Å². The number of alkyl halides is 1. The maximum absolute atomic E-state index is 3.79. The summed E-state index contributed by atoms with van der Waals surface area (Å²) >= 11 is 3.55. The van der Waals surface area contributed by atoms with E-state index in [4.69, 9.17) is 0 Å². The van der Waals surface area contributed by atoms with Crippen LogP contribution in [0, 0.1) is 5.41 Å². The van der Waals surface area contributed by atoms with Crippen LogP contribution in [0.2, 0.25) is 0 Å². The van der Waals surface area contributed by atoms with Gasteiger partial charge < -0.3 is 0 Å². The lowest BCUT2D eigenvalue weighted by atomic mass is 10.1. The Morgan fingerprint density at radius 3 is 2.25 bits per heavy atom. The molecular weight excluding hydrogens is 164 g/mol. The van der Waals surface area contributed by atoms with Crippen molar-refractivity contribution in [1.29, 1.82) is 0 Å². The zero-order valence-electron chi connectivity index (χ0n) is 5.15. The van der Waals surface area contributed by atoms with Crippen molar-refractivity contribution in [3.63, 3.8) is 0 Å². The molecule has 0 nitrogen and oxygen atoms in total. The fourth-order valence-corrected chi connectivity index (χ4v) is 1.55. The third-order valence-corrected chi connectivity index (χ3v) is 2.94. The van der Waals surface area contributed by atoms with Crippen LogP contribution in [0.5, 0.6) is 0 Å². The number of hydrogen-bond acceptors (Lipinski definition) is 0. The van der Waals surface area contributed by atoms with Gasteiger partial charge in [-0.05, 0) is 12.8 Å². The smallest absolute Gasteiger partial charge is 0.0208 e. The molecule has 1 fully saturated rings. The van der Waals surface area contributed by atoms with Crippen LogP contribution in [-0.4, -0.2) is 4.83 Å². The maximum atomic E-state index is 3.79. The van der Waals surface area contributed by atoms with E-state index in [-0.39, 0.29) is 0 Å². The summed E-state index contributed by atoms with van der Waals surface area (Å²) in [5.74, 6) is 0. The second kappa shape index (κ2) is 1.87. The summed E-state index contributed by atoms with van der Waals surface area (Å²) in [5, 5.41) is 0. The lowest BCUT2D eigenvalue weighted by molar-refractivity contribution is 0.654. The molecule has 0 aromatic carbocycles. The highest BCUT2D eigenvalue weighted by molar-refractivity contribution is 9.09. The molecule has 1 saturated carbocycles. The monoisotopic (exact) mass is 174 g/mol. The molecule has 0 heterocycles. The quantitative estimate of drug-likeness (QED) is 0.447. The van der Waals surface area contributed by atoms with Gasteiger partial charge in [-0.3, -0.25) is 0 Å². The van der Waals surface area contributed by atoms with Crippen LogP contribution >= 0.6 is 15.9 Å². The molecule has 1 aliphatic rings. The van der Waals surface area contributed by atoms with Crippen LogP contribution in [0.15, 0.2) is 12.7 Å². The molecule has 0 aromatic heterocycles. The molecule has 0 N–H and O–H groups in total. The van der Waals surface area contributed by atoms with Crippen molar-refractivity contribution in [2.24, 2.45) is 5.41 Å². The summed E-state index contributed by atoms with van der Waals surface area (Å²) in [7, 11) is 0. The van der Waals surface area contributed by atoms with E-state index in [0.717, 1.165) is 0 Å². The Bertz CT molecular complexity index is 101. The van der Waals surface area contributed by atoms with Crippen molar-refractivity contribution < 1.29 is 0 Å². The number of allylic oxidation sites excluding steroid dienone is 1. The Hall–Kier alpha value is 0.220. The minimum Gasteiger partial charge on any atom is -0.102 e. The summed E-state index contributed by atoms with van der Waals surface area (Å²) in [4.78, 5) is 0.618. The normalized spacial score (nSPS) is 26.8. The van der Waals surface area contributed by atoms with Crippen molar-refractivity contribution in [3.05, 3.63) is 12.7 Å². The third kappa shape index (κ3) is 0.838. The average Bonchev–Trinajstić information content (AvgIpc) is 2.44. The molecule has 8 heavy (non-hydrogen) atoms. The van der Waals surface area contributed by atoms with Crippen LogP contribution in [0.25, 0.3) is 0 Å². The maximum Gasteiger partial charge on any atom is 0.0208 e. The predicted octanol–water partition coefficient (Wildman–Crippen LogP) is 2.74. The molecule has 0 aliphatic heterocycles. The van der Waals surface area contributed by atoms with Gasteiger partial charge in [0.1, 0.15) is 0 Å². The standard InChI is InChI=1S/C7H11Br/c1-3-7(4-5-7)6(2)8/h3,6H,1,4-5H2,2H3. The van der Waals surface area contributed by atoms with Gasteiger partial charge in [-0.25, -0.2) is 0 Å². The molecular formula is C7H11Br. The Labute approximate surface area is 59.1 Å². The van der Waals surface area contributed by atoms with Crippen LogP contribution in [0.1, 0.15) is 19.8 Å². The van der Waals surface area contributed by atoms with Gasteiger partial charge in [-0.2, -0.15) is 0 Å². The molecule has 1 rings (SSSR count). The zero-order valence-corrected chi connectivity index (χ0v) is 6.74. The van der Waals surface area contributed by atoms with Crippen molar-refractivity contribution >= 4 is 15.9 Å². The molecule has 1 unspecified atom stereocenters. The van der Waals surface area contributed by atoms with Gasteiger partial charge in [-0.1, -0.05) is 28.9 Å². The minimum atomic E-state index is 0.472. The highest BCUT2D eigenvalue weighted by Gasteiger charge is 2.43.